The summed E-state index contributed by atoms with van der Waals surface area (Å²) >= 11 is 0. The van der Waals surface area contributed by atoms with Crippen LogP contribution < -0.4 is 0 Å². The van der Waals surface area contributed by atoms with E-state index in [0.29, 0.717) is 18.7 Å². The van der Waals surface area contributed by atoms with Crippen LogP contribution in [0.3, 0.4) is 0 Å². The fourth-order valence-electron chi connectivity index (χ4n) is 1.93. The molecule has 1 unspecified atom stereocenters. The Labute approximate surface area is 104 Å². The second-order valence-corrected chi connectivity index (χ2v) is 4.13. The molecule has 2 rings (SSSR count). The zero-order chi connectivity index (χ0) is 13.1. The number of likely N-dealkylation sites (tertiary alicyclic amines) is 1. The molecule has 18 heavy (non-hydrogen) atoms. The van der Waals surface area contributed by atoms with Gasteiger partial charge >= 0.3 is 5.97 Å². The van der Waals surface area contributed by atoms with Gasteiger partial charge in [0.05, 0.1) is 11.7 Å². The minimum atomic E-state index is -1.10. The fraction of sp³-hybridized carbons (Fsp3) is 0.417. The molecule has 1 atom stereocenters. The number of ether oxygens (including phenoxy) is 1. The van der Waals surface area contributed by atoms with E-state index in [-0.39, 0.29) is 17.7 Å². The van der Waals surface area contributed by atoms with Gasteiger partial charge in [-0.15, -0.1) is 0 Å². The Balaban J connectivity index is 2.07. The SMILES string of the molecule is COC1CCN(C(=O)c2ccc(C(=O)O)nc2)C1. The number of carboxylic acids is 1. The molecule has 0 radical (unpaired) electrons. The van der Waals surface area contributed by atoms with Crippen LogP contribution in [-0.2, 0) is 4.74 Å². The lowest BCUT2D eigenvalue weighted by Gasteiger charge is -2.15. The molecule has 0 aliphatic carbocycles. The Hall–Kier alpha value is -1.95. The second kappa shape index (κ2) is 5.14. The number of aromatic carboxylic acids is 1. The number of pyridine rings is 1. The highest BCUT2D eigenvalue weighted by molar-refractivity contribution is 5.95. The van der Waals surface area contributed by atoms with Gasteiger partial charge in [-0.05, 0) is 18.6 Å². The molecule has 1 aliphatic heterocycles. The normalized spacial score (nSPS) is 18.9. The molecule has 1 fully saturated rings. The van der Waals surface area contributed by atoms with Crippen LogP contribution in [0.4, 0.5) is 0 Å². The maximum atomic E-state index is 12.1. The highest BCUT2D eigenvalue weighted by Gasteiger charge is 2.26. The van der Waals surface area contributed by atoms with Crippen LogP contribution in [0.2, 0.25) is 0 Å². The molecule has 0 bridgehead atoms. The van der Waals surface area contributed by atoms with E-state index in [1.54, 1.807) is 12.0 Å². The molecule has 1 aliphatic rings. The monoisotopic (exact) mass is 250 g/mol. The highest BCUT2D eigenvalue weighted by atomic mass is 16.5. The van der Waals surface area contributed by atoms with Crippen molar-refractivity contribution in [2.24, 2.45) is 0 Å². The molecule has 0 aromatic carbocycles. The lowest BCUT2D eigenvalue weighted by molar-refractivity contribution is 0.0686. The van der Waals surface area contributed by atoms with Gasteiger partial charge in [-0.25, -0.2) is 9.78 Å². The topological polar surface area (TPSA) is 79.7 Å². The number of hydrogen-bond acceptors (Lipinski definition) is 4. The third-order valence-electron chi connectivity index (χ3n) is 3.00. The van der Waals surface area contributed by atoms with Gasteiger partial charge in [0.15, 0.2) is 0 Å². The van der Waals surface area contributed by atoms with Gasteiger partial charge in [-0.2, -0.15) is 0 Å². The lowest BCUT2D eigenvalue weighted by atomic mass is 10.2. The van der Waals surface area contributed by atoms with Gasteiger partial charge < -0.3 is 14.7 Å². The minimum Gasteiger partial charge on any atom is -0.477 e. The summed E-state index contributed by atoms with van der Waals surface area (Å²) in [7, 11) is 1.63. The maximum absolute atomic E-state index is 12.1. The summed E-state index contributed by atoms with van der Waals surface area (Å²) in [6.07, 6.45) is 2.20. The molecule has 6 nitrogen and oxygen atoms in total. The molecule has 6 heteroatoms. The Bertz CT molecular complexity index is 458. The number of aromatic nitrogens is 1. The minimum absolute atomic E-state index is 0.0669. The summed E-state index contributed by atoms with van der Waals surface area (Å²) in [6.45, 7) is 1.22. The van der Waals surface area contributed by atoms with Gasteiger partial charge in [-0.1, -0.05) is 0 Å². The number of methoxy groups -OCH3 is 1. The molecule has 1 amide bonds. The van der Waals surface area contributed by atoms with E-state index >= 15 is 0 Å². The predicted molar refractivity (Wildman–Crippen MR) is 62.5 cm³/mol. The van der Waals surface area contributed by atoms with Crippen LogP contribution in [0.5, 0.6) is 0 Å². The first-order chi connectivity index (χ1) is 8.61. The van der Waals surface area contributed by atoms with Crippen molar-refractivity contribution in [1.82, 2.24) is 9.88 Å². The first kappa shape index (κ1) is 12.5. The summed E-state index contributed by atoms with van der Waals surface area (Å²) in [5.74, 6) is -1.24. The Morgan fingerprint density at radius 2 is 2.28 bits per heavy atom. The standard InChI is InChI=1S/C12H14N2O4/c1-18-9-4-5-14(7-9)11(15)8-2-3-10(12(16)17)13-6-8/h2-3,6,9H,4-5,7H2,1H3,(H,16,17). The van der Waals surface area contributed by atoms with E-state index in [0.717, 1.165) is 6.42 Å². The number of carbonyl (C=O) groups excluding carboxylic acids is 1. The van der Waals surface area contributed by atoms with Gasteiger partial charge in [0.25, 0.3) is 5.91 Å². The third kappa shape index (κ3) is 2.48. The van der Waals surface area contributed by atoms with Crippen LogP contribution in [0.25, 0.3) is 0 Å². The first-order valence-corrected chi connectivity index (χ1v) is 5.63. The van der Waals surface area contributed by atoms with E-state index in [2.05, 4.69) is 4.98 Å². The van der Waals surface area contributed by atoms with Crippen LogP contribution in [0.15, 0.2) is 18.3 Å². The first-order valence-electron chi connectivity index (χ1n) is 5.63. The largest absolute Gasteiger partial charge is 0.477 e. The van der Waals surface area contributed by atoms with E-state index in [1.165, 1.54) is 18.3 Å². The number of carbonyl (C=O) groups is 2. The molecule has 1 aromatic heterocycles. The van der Waals surface area contributed by atoms with Gasteiger partial charge in [0.1, 0.15) is 5.69 Å². The quantitative estimate of drug-likeness (QED) is 0.851. The average Bonchev–Trinajstić information content (AvgIpc) is 2.86. The number of rotatable bonds is 3. The van der Waals surface area contributed by atoms with Crippen molar-refractivity contribution in [3.05, 3.63) is 29.6 Å². The molecule has 0 saturated carbocycles. The zero-order valence-corrected chi connectivity index (χ0v) is 10.00. The van der Waals surface area contributed by atoms with E-state index in [1.807, 2.05) is 0 Å². The predicted octanol–water partition coefficient (Wildman–Crippen LogP) is 0.641. The lowest BCUT2D eigenvalue weighted by Crippen LogP contribution is -2.30. The third-order valence-corrected chi connectivity index (χ3v) is 3.00. The van der Waals surface area contributed by atoms with Crippen molar-refractivity contribution in [3.8, 4) is 0 Å². The van der Waals surface area contributed by atoms with Crippen LogP contribution in [0, 0.1) is 0 Å². The van der Waals surface area contributed by atoms with Crippen molar-refractivity contribution in [2.75, 3.05) is 20.2 Å². The molecule has 0 spiro atoms. The van der Waals surface area contributed by atoms with Crippen LogP contribution >= 0.6 is 0 Å². The summed E-state index contributed by atoms with van der Waals surface area (Å²) in [4.78, 5) is 28.1. The van der Waals surface area contributed by atoms with Crippen molar-refractivity contribution < 1.29 is 19.4 Å². The van der Waals surface area contributed by atoms with Gasteiger partial charge in [0, 0.05) is 26.4 Å². The molecule has 1 saturated heterocycles. The summed E-state index contributed by atoms with van der Waals surface area (Å²) in [6, 6.07) is 2.82. The number of amides is 1. The number of hydrogen-bond donors (Lipinski definition) is 1. The Morgan fingerprint density at radius 1 is 1.50 bits per heavy atom. The van der Waals surface area contributed by atoms with Crippen LogP contribution in [0.1, 0.15) is 27.3 Å². The fourth-order valence-corrected chi connectivity index (χ4v) is 1.93. The summed E-state index contributed by atoms with van der Waals surface area (Å²) in [5, 5.41) is 8.72. The van der Waals surface area contributed by atoms with Gasteiger partial charge in [0.2, 0.25) is 0 Å². The number of carboxylic acid groups (broad SMARTS) is 1. The Kier molecular flexibility index (Phi) is 3.57. The molecular weight excluding hydrogens is 236 g/mol. The van der Waals surface area contributed by atoms with E-state index in [4.69, 9.17) is 9.84 Å². The van der Waals surface area contributed by atoms with Crippen molar-refractivity contribution >= 4 is 11.9 Å². The van der Waals surface area contributed by atoms with Crippen molar-refractivity contribution in [2.45, 2.75) is 12.5 Å². The van der Waals surface area contributed by atoms with Crippen LogP contribution in [-0.4, -0.2) is 53.2 Å². The second-order valence-electron chi connectivity index (χ2n) is 4.13. The Morgan fingerprint density at radius 3 is 2.78 bits per heavy atom. The summed E-state index contributed by atoms with van der Waals surface area (Å²) in [5.41, 5.74) is 0.333. The molecule has 1 aromatic rings. The molecule has 2 heterocycles. The molecular formula is C12H14N2O4. The van der Waals surface area contributed by atoms with Gasteiger partial charge in [-0.3, -0.25) is 4.79 Å². The summed E-state index contributed by atoms with van der Waals surface area (Å²) < 4.78 is 5.19. The van der Waals surface area contributed by atoms with Crippen molar-refractivity contribution in [3.63, 3.8) is 0 Å². The van der Waals surface area contributed by atoms with Crippen molar-refractivity contribution in [1.29, 1.82) is 0 Å². The smallest absolute Gasteiger partial charge is 0.354 e. The van der Waals surface area contributed by atoms with E-state index in [9.17, 15) is 9.59 Å². The highest BCUT2D eigenvalue weighted by Crippen LogP contribution is 2.15. The number of nitrogens with zero attached hydrogens (tertiary/aromatic N) is 2. The molecule has 1 N–H and O–H groups in total. The zero-order valence-electron chi connectivity index (χ0n) is 10.00. The molecule has 96 valence electrons. The average molecular weight is 250 g/mol. The van der Waals surface area contributed by atoms with E-state index < -0.39 is 5.97 Å². The maximum Gasteiger partial charge on any atom is 0.354 e.